The van der Waals surface area contributed by atoms with E-state index in [1.807, 2.05) is 0 Å². The summed E-state index contributed by atoms with van der Waals surface area (Å²) in [5.74, 6) is -2.31. The molecule has 0 saturated heterocycles. The van der Waals surface area contributed by atoms with Crippen molar-refractivity contribution < 1.29 is 22.7 Å². The van der Waals surface area contributed by atoms with Crippen LogP contribution in [-0.4, -0.2) is 30.3 Å². The first-order valence-electron chi connectivity index (χ1n) is 7.53. The molecule has 0 radical (unpaired) electrons. The molecule has 3 rings (SSSR count). The van der Waals surface area contributed by atoms with Crippen LogP contribution in [0.15, 0.2) is 42.5 Å². The average Bonchev–Trinajstić information content (AvgIpc) is 2.56. The minimum absolute atomic E-state index is 0.0746. The van der Waals surface area contributed by atoms with E-state index in [0.717, 1.165) is 15.9 Å². The van der Waals surface area contributed by atoms with E-state index in [4.69, 9.17) is 11.6 Å². The van der Waals surface area contributed by atoms with Crippen LogP contribution in [-0.2, 0) is 27.0 Å². The van der Waals surface area contributed by atoms with Crippen LogP contribution < -0.4 is 0 Å². The maximum Gasteiger partial charge on any atom is 0.326 e. The number of aliphatic carboxylic acids is 1. The summed E-state index contributed by atoms with van der Waals surface area (Å²) < 4.78 is 39.8. The molecule has 1 aliphatic heterocycles. The lowest BCUT2D eigenvalue weighted by atomic mass is 9.94. The van der Waals surface area contributed by atoms with E-state index < -0.39 is 33.6 Å². The third-order valence-electron chi connectivity index (χ3n) is 4.16. The number of nitrogens with zero attached hydrogens (tertiary/aromatic N) is 1. The molecule has 2 aromatic carbocycles. The van der Waals surface area contributed by atoms with Gasteiger partial charge in [-0.05, 0) is 35.2 Å². The summed E-state index contributed by atoms with van der Waals surface area (Å²) in [6, 6.07) is 9.29. The van der Waals surface area contributed by atoms with E-state index in [0.29, 0.717) is 17.5 Å². The Morgan fingerprint density at radius 1 is 1.28 bits per heavy atom. The van der Waals surface area contributed by atoms with Gasteiger partial charge in [-0.25, -0.2) is 12.8 Å². The molecule has 1 heterocycles. The quantitative estimate of drug-likeness (QED) is 0.880. The van der Waals surface area contributed by atoms with Gasteiger partial charge >= 0.3 is 5.97 Å². The van der Waals surface area contributed by atoms with E-state index in [-0.39, 0.29) is 11.6 Å². The minimum atomic E-state index is -3.93. The van der Waals surface area contributed by atoms with Gasteiger partial charge in [0.25, 0.3) is 0 Å². The second kappa shape index (κ2) is 6.74. The predicted molar refractivity (Wildman–Crippen MR) is 91.3 cm³/mol. The predicted octanol–water partition coefficient (Wildman–Crippen LogP) is 2.99. The number of hydrogen-bond acceptors (Lipinski definition) is 3. The van der Waals surface area contributed by atoms with Crippen molar-refractivity contribution in [2.75, 3.05) is 6.54 Å². The van der Waals surface area contributed by atoms with Crippen LogP contribution in [0, 0.1) is 5.82 Å². The van der Waals surface area contributed by atoms with E-state index in [1.165, 1.54) is 12.1 Å². The van der Waals surface area contributed by atoms with Gasteiger partial charge in [0.2, 0.25) is 10.0 Å². The third-order valence-corrected chi connectivity index (χ3v) is 6.26. The highest BCUT2D eigenvalue weighted by molar-refractivity contribution is 7.88. The monoisotopic (exact) mass is 383 g/mol. The van der Waals surface area contributed by atoms with Crippen LogP contribution in [0.3, 0.4) is 0 Å². The molecule has 2 aromatic rings. The van der Waals surface area contributed by atoms with Crippen molar-refractivity contribution in [1.29, 1.82) is 0 Å². The maximum atomic E-state index is 13.2. The molecule has 0 fully saturated rings. The standard InChI is InChI=1S/C17H15ClFNO4S/c18-14-9-11(5-6-15(14)19)10-25(23,24)20-8-7-12-3-1-2-4-13(12)16(20)17(21)22/h1-6,9,16H,7-8,10H2,(H,21,22). The van der Waals surface area contributed by atoms with Crippen LogP contribution >= 0.6 is 11.6 Å². The smallest absolute Gasteiger partial charge is 0.326 e. The summed E-state index contributed by atoms with van der Waals surface area (Å²) in [7, 11) is -3.93. The normalized spacial score (nSPS) is 17.9. The largest absolute Gasteiger partial charge is 0.480 e. The van der Waals surface area contributed by atoms with Gasteiger partial charge in [0.1, 0.15) is 11.9 Å². The first-order chi connectivity index (χ1) is 11.8. The molecule has 0 amide bonds. The highest BCUT2D eigenvalue weighted by Gasteiger charge is 2.39. The van der Waals surface area contributed by atoms with Crippen LogP contribution in [0.5, 0.6) is 0 Å². The van der Waals surface area contributed by atoms with Crippen molar-refractivity contribution in [1.82, 2.24) is 4.31 Å². The van der Waals surface area contributed by atoms with Gasteiger partial charge in [0.05, 0.1) is 10.8 Å². The van der Waals surface area contributed by atoms with Crippen molar-refractivity contribution in [2.24, 2.45) is 0 Å². The summed E-state index contributed by atoms with van der Waals surface area (Å²) in [5.41, 5.74) is 1.60. The topological polar surface area (TPSA) is 74.7 Å². The molecule has 0 aliphatic carbocycles. The zero-order valence-electron chi connectivity index (χ0n) is 13.0. The molecule has 1 N–H and O–H groups in total. The number of halogens is 2. The van der Waals surface area contributed by atoms with Gasteiger partial charge in [-0.15, -0.1) is 0 Å². The third kappa shape index (κ3) is 3.53. The Morgan fingerprint density at radius 3 is 2.68 bits per heavy atom. The number of fused-ring (bicyclic) bond motifs is 1. The molecule has 0 saturated carbocycles. The Hall–Kier alpha value is -1.96. The molecule has 5 nitrogen and oxygen atoms in total. The molecular weight excluding hydrogens is 369 g/mol. The fourth-order valence-electron chi connectivity index (χ4n) is 3.02. The minimum Gasteiger partial charge on any atom is -0.480 e. The van der Waals surface area contributed by atoms with Gasteiger partial charge in [0, 0.05) is 6.54 Å². The van der Waals surface area contributed by atoms with Crippen molar-refractivity contribution in [3.8, 4) is 0 Å². The molecule has 0 spiro atoms. The Bertz CT molecular complexity index is 932. The van der Waals surface area contributed by atoms with Gasteiger partial charge < -0.3 is 5.11 Å². The second-order valence-corrected chi connectivity index (χ2v) is 8.13. The lowest BCUT2D eigenvalue weighted by Crippen LogP contribution is -2.43. The van der Waals surface area contributed by atoms with E-state index in [9.17, 15) is 22.7 Å². The molecule has 8 heteroatoms. The van der Waals surface area contributed by atoms with Crippen LogP contribution in [0.1, 0.15) is 22.7 Å². The van der Waals surface area contributed by atoms with Crippen molar-refractivity contribution in [3.63, 3.8) is 0 Å². The SMILES string of the molecule is O=C(O)C1c2ccccc2CCN1S(=O)(=O)Cc1ccc(F)c(Cl)c1. The van der Waals surface area contributed by atoms with E-state index >= 15 is 0 Å². The van der Waals surface area contributed by atoms with Crippen molar-refractivity contribution >= 4 is 27.6 Å². The Labute approximate surface area is 149 Å². The van der Waals surface area contributed by atoms with E-state index in [2.05, 4.69) is 0 Å². The molecule has 0 bridgehead atoms. The number of hydrogen-bond donors (Lipinski definition) is 1. The zero-order valence-corrected chi connectivity index (χ0v) is 14.6. The molecule has 1 unspecified atom stereocenters. The van der Waals surface area contributed by atoms with Gasteiger partial charge in [-0.1, -0.05) is 41.9 Å². The lowest BCUT2D eigenvalue weighted by Gasteiger charge is -2.33. The van der Waals surface area contributed by atoms with Gasteiger partial charge in [-0.2, -0.15) is 4.31 Å². The maximum absolute atomic E-state index is 13.2. The number of rotatable bonds is 4. The Balaban J connectivity index is 1.96. The Kier molecular flexibility index (Phi) is 4.81. The number of carboxylic acids is 1. The highest BCUT2D eigenvalue weighted by Crippen LogP contribution is 2.33. The molecule has 25 heavy (non-hydrogen) atoms. The second-order valence-electron chi connectivity index (χ2n) is 5.80. The van der Waals surface area contributed by atoms with Crippen LogP contribution in [0.4, 0.5) is 4.39 Å². The molecule has 0 aromatic heterocycles. The summed E-state index contributed by atoms with van der Waals surface area (Å²) in [6.07, 6.45) is 0.434. The molecular formula is C17H15ClFNO4S. The van der Waals surface area contributed by atoms with Crippen molar-refractivity contribution in [3.05, 3.63) is 70.0 Å². The number of sulfonamides is 1. The lowest BCUT2D eigenvalue weighted by molar-refractivity contribution is -0.142. The number of benzene rings is 2. The molecule has 1 atom stereocenters. The Morgan fingerprint density at radius 2 is 2.00 bits per heavy atom. The molecule has 1 aliphatic rings. The fraction of sp³-hybridized carbons (Fsp3) is 0.235. The number of carbonyl (C=O) groups is 1. The fourth-order valence-corrected chi connectivity index (χ4v) is 4.89. The van der Waals surface area contributed by atoms with Gasteiger partial charge in [0.15, 0.2) is 0 Å². The summed E-state index contributed by atoms with van der Waals surface area (Å²) >= 11 is 5.70. The summed E-state index contributed by atoms with van der Waals surface area (Å²) in [5, 5.41) is 9.41. The van der Waals surface area contributed by atoms with Crippen molar-refractivity contribution in [2.45, 2.75) is 18.2 Å². The summed E-state index contributed by atoms with van der Waals surface area (Å²) in [6.45, 7) is 0.0746. The van der Waals surface area contributed by atoms with E-state index in [1.54, 1.807) is 24.3 Å². The zero-order chi connectivity index (χ0) is 18.2. The summed E-state index contributed by atoms with van der Waals surface area (Å²) in [4.78, 5) is 11.7. The highest BCUT2D eigenvalue weighted by atomic mass is 35.5. The average molecular weight is 384 g/mol. The molecule has 132 valence electrons. The van der Waals surface area contributed by atoms with Crippen LogP contribution in [0.25, 0.3) is 0 Å². The first kappa shape index (κ1) is 17.8. The van der Waals surface area contributed by atoms with Gasteiger partial charge in [-0.3, -0.25) is 4.79 Å². The first-order valence-corrected chi connectivity index (χ1v) is 9.52. The number of carboxylic acid groups (broad SMARTS) is 1. The van der Waals surface area contributed by atoms with Crippen LogP contribution in [0.2, 0.25) is 5.02 Å².